The monoisotopic (exact) mass is 290 g/mol. The lowest BCUT2D eigenvalue weighted by molar-refractivity contribution is 0.0599. The number of aryl methyl sites for hydroxylation is 1. The Morgan fingerprint density at radius 3 is 2.86 bits per heavy atom. The number of methoxy groups -OCH3 is 1. The molecule has 2 heterocycles. The Labute approximate surface area is 122 Å². The maximum atomic E-state index is 11.5. The van der Waals surface area contributed by atoms with Gasteiger partial charge in [0.25, 0.3) is 0 Å². The highest BCUT2D eigenvalue weighted by molar-refractivity contribution is 5.90. The average molecular weight is 290 g/mol. The summed E-state index contributed by atoms with van der Waals surface area (Å²) >= 11 is 0. The van der Waals surface area contributed by atoms with Crippen molar-refractivity contribution in [1.29, 1.82) is 0 Å². The molecule has 21 heavy (non-hydrogen) atoms. The number of pyridine rings is 1. The van der Waals surface area contributed by atoms with Crippen LogP contribution in [0.1, 0.15) is 33.5 Å². The fourth-order valence-corrected chi connectivity index (χ4v) is 1.98. The van der Waals surface area contributed by atoms with Crippen molar-refractivity contribution in [1.82, 2.24) is 10.3 Å². The highest BCUT2D eigenvalue weighted by Crippen LogP contribution is 2.16. The van der Waals surface area contributed by atoms with E-state index in [4.69, 9.17) is 4.42 Å². The van der Waals surface area contributed by atoms with Crippen LogP contribution in [0.4, 0.5) is 0 Å². The fourth-order valence-electron chi connectivity index (χ4n) is 1.98. The van der Waals surface area contributed by atoms with Crippen LogP contribution in [0.5, 0.6) is 0 Å². The Morgan fingerprint density at radius 2 is 2.19 bits per heavy atom. The molecule has 1 unspecified atom stereocenters. The third kappa shape index (κ3) is 3.90. The normalized spacial score (nSPS) is 12.1. The quantitative estimate of drug-likeness (QED) is 0.786. The number of rotatable bonds is 6. The van der Waals surface area contributed by atoms with Crippen LogP contribution < -0.4 is 5.32 Å². The van der Waals surface area contributed by atoms with Gasteiger partial charge in [0.05, 0.1) is 19.8 Å². The Balaban J connectivity index is 1.88. The second kappa shape index (κ2) is 7.01. The van der Waals surface area contributed by atoms with Crippen LogP contribution in [0, 0.1) is 6.92 Å². The van der Waals surface area contributed by atoms with Gasteiger partial charge in [-0.1, -0.05) is 0 Å². The number of hydrogen-bond acceptors (Lipinski definition) is 6. The van der Waals surface area contributed by atoms with E-state index in [0.29, 0.717) is 30.2 Å². The molecule has 0 aliphatic rings. The molecule has 1 atom stereocenters. The summed E-state index contributed by atoms with van der Waals surface area (Å²) in [6.45, 7) is 2.50. The van der Waals surface area contributed by atoms with Crippen molar-refractivity contribution in [2.45, 2.75) is 19.6 Å². The van der Waals surface area contributed by atoms with E-state index in [2.05, 4.69) is 15.0 Å². The molecule has 0 spiro atoms. The SMILES string of the molecule is COC(=O)c1cc(CNCC(O)c2ccncc2)oc1C. The minimum atomic E-state index is -0.621. The first-order valence-electron chi connectivity index (χ1n) is 6.58. The van der Waals surface area contributed by atoms with Crippen molar-refractivity contribution >= 4 is 5.97 Å². The van der Waals surface area contributed by atoms with E-state index in [1.807, 2.05) is 0 Å². The minimum Gasteiger partial charge on any atom is -0.465 e. The Hall–Kier alpha value is -2.18. The number of aliphatic hydroxyl groups is 1. The lowest BCUT2D eigenvalue weighted by Gasteiger charge is -2.10. The topological polar surface area (TPSA) is 84.6 Å². The third-order valence-electron chi connectivity index (χ3n) is 3.10. The molecular formula is C15H18N2O4. The average Bonchev–Trinajstić information content (AvgIpc) is 2.88. The molecule has 2 rings (SSSR count). The van der Waals surface area contributed by atoms with E-state index in [1.54, 1.807) is 37.5 Å². The van der Waals surface area contributed by atoms with Crippen molar-refractivity contribution < 1.29 is 19.1 Å². The number of aliphatic hydroxyl groups excluding tert-OH is 1. The summed E-state index contributed by atoms with van der Waals surface area (Å²) in [5.74, 6) is 0.725. The Morgan fingerprint density at radius 1 is 1.48 bits per heavy atom. The van der Waals surface area contributed by atoms with Crippen LogP contribution in [0.3, 0.4) is 0 Å². The van der Waals surface area contributed by atoms with Gasteiger partial charge in [-0.3, -0.25) is 4.98 Å². The summed E-state index contributed by atoms with van der Waals surface area (Å²) in [4.78, 5) is 15.4. The molecule has 0 fully saturated rings. The zero-order valence-electron chi connectivity index (χ0n) is 12.0. The Bertz CT molecular complexity index is 595. The second-order valence-electron chi connectivity index (χ2n) is 4.60. The summed E-state index contributed by atoms with van der Waals surface area (Å²) in [6, 6.07) is 5.17. The molecule has 6 nitrogen and oxygen atoms in total. The van der Waals surface area contributed by atoms with Crippen molar-refractivity contribution in [2.75, 3.05) is 13.7 Å². The van der Waals surface area contributed by atoms with Crippen LogP contribution in [0.15, 0.2) is 35.0 Å². The van der Waals surface area contributed by atoms with Gasteiger partial charge >= 0.3 is 5.97 Å². The molecular weight excluding hydrogens is 272 g/mol. The van der Waals surface area contributed by atoms with E-state index in [-0.39, 0.29) is 0 Å². The maximum absolute atomic E-state index is 11.5. The molecule has 0 aromatic carbocycles. The number of esters is 1. The number of aromatic nitrogens is 1. The summed E-state index contributed by atoms with van der Waals surface area (Å²) in [7, 11) is 1.33. The molecule has 0 radical (unpaired) electrons. The van der Waals surface area contributed by atoms with E-state index in [0.717, 1.165) is 5.56 Å². The highest BCUT2D eigenvalue weighted by Gasteiger charge is 2.15. The zero-order chi connectivity index (χ0) is 15.2. The van der Waals surface area contributed by atoms with E-state index < -0.39 is 12.1 Å². The lowest BCUT2D eigenvalue weighted by Crippen LogP contribution is -2.20. The number of hydrogen-bond donors (Lipinski definition) is 2. The van der Waals surface area contributed by atoms with Gasteiger partial charge in [0.1, 0.15) is 17.1 Å². The van der Waals surface area contributed by atoms with Gasteiger partial charge in [0, 0.05) is 18.9 Å². The predicted molar refractivity (Wildman–Crippen MR) is 75.7 cm³/mol. The second-order valence-corrected chi connectivity index (χ2v) is 4.60. The molecule has 0 aliphatic carbocycles. The number of ether oxygens (including phenoxy) is 1. The van der Waals surface area contributed by atoms with E-state index in [1.165, 1.54) is 7.11 Å². The molecule has 0 amide bonds. The summed E-state index contributed by atoms with van der Waals surface area (Å²) < 4.78 is 10.1. The number of nitrogens with one attached hydrogen (secondary N) is 1. The van der Waals surface area contributed by atoms with Crippen molar-refractivity contribution in [3.63, 3.8) is 0 Å². The van der Waals surface area contributed by atoms with Crippen LogP contribution in [0.25, 0.3) is 0 Å². The molecule has 2 N–H and O–H groups in total. The van der Waals surface area contributed by atoms with Crippen LogP contribution in [-0.2, 0) is 11.3 Å². The minimum absolute atomic E-state index is 0.372. The van der Waals surface area contributed by atoms with Crippen LogP contribution >= 0.6 is 0 Å². The smallest absolute Gasteiger partial charge is 0.341 e. The fraction of sp³-hybridized carbons (Fsp3) is 0.333. The van der Waals surface area contributed by atoms with E-state index >= 15 is 0 Å². The first kappa shape index (κ1) is 15.2. The molecule has 2 aromatic heterocycles. The summed E-state index contributed by atoms with van der Waals surface area (Å²) in [5, 5.41) is 13.1. The molecule has 0 saturated carbocycles. The first-order valence-corrected chi connectivity index (χ1v) is 6.58. The highest BCUT2D eigenvalue weighted by atomic mass is 16.5. The largest absolute Gasteiger partial charge is 0.465 e. The number of carbonyl (C=O) groups is 1. The molecule has 0 aliphatic heterocycles. The number of furan rings is 1. The van der Waals surface area contributed by atoms with Crippen LogP contribution in [-0.4, -0.2) is 29.7 Å². The van der Waals surface area contributed by atoms with Gasteiger partial charge in [-0.2, -0.15) is 0 Å². The lowest BCUT2D eigenvalue weighted by atomic mass is 10.1. The summed E-state index contributed by atoms with van der Waals surface area (Å²) in [5.41, 5.74) is 1.22. The number of carbonyl (C=O) groups excluding carboxylic acids is 1. The predicted octanol–water partition coefficient (Wildman–Crippen LogP) is 1.59. The molecule has 112 valence electrons. The van der Waals surface area contributed by atoms with Gasteiger partial charge in [-0.05, 0) is 30.7 Å². The third-order valence-corrected chi connectivity index (χ3v) is 3.10. The van der Waals surface area contributed by atoms with Gasteiger partial charge in [-0.15, -0.1) is 0 Å². The van der Waals surface area contributed by atoms with Gasteiger partial charge < -0.3 is 19.6 Å². The van der Waals surface area contributed by atoms with Gasteiger partial charge in [0.2, 0.25) is 0 Å². The molecule has 2 aromatic rings. The van der Waals surface area contributed by atoms with Crippen molar-refractivity contribution in [3.05, 3.63) is 53.2 Å². The standard InChI is InChI=1S/C15H18N2O4/c1-10-13(15(19)20-2)7-12(21-10)8-17-9-14(18)11-3-5-16-6-4-11/h3-7,14,17-18H,8-9H2,1-2H3. The first-order chi connectivity index (χ1) is 10.1. The zero-order valence-corrected chi connectivity index (χ0v) is 12.0. The molecule has 0 bridgehead atoms. The Kier molecular flexibility index (Phi) is 5.08. The van der Waals surface area contributed by atoms with E-state index in [9.17, 15) is 9.90 Å². The van der Waals surface area contributed by atoms with Crippen molar-refractivity contribution in [2.24, 2.45) is 0 Å². The van der Waals surface area contributed by atoms with Gasteiger partial charge in [-0.25, -0.2) is 4.79 Å². The maximum Gasteiger partial charge on any atom is 0.341 e. The van der Waals surface area contributed by atoms with Crippen LogP contribution in [0.2, 0.25) is 0 Å². The van der Waals surface area contributed by atoms with Crippen molar-refractivity contribution in [3.8, 4) is 0 Å². The summed E-state index contributed by atoms with van der Waals surface area (Å²) in [6.07, 6.45) is 2.65. The number of nitrogens with zero attached hydrogens (tertiary/aromatic N) is 1. The molecule has 6 heteroatoms. The van der Waals surface area contributed by atoms with Gasteiger partial charge in [0.15, 0.2) is 0 Å². The molecule has 0 saturated heterocycles.